The summed E-state index contributed by atoms with van der Waals surface area (Å²) in [6.45, 7) is 2.83. The lowest BCUT2D eigenvalue weighted by atomic mass is 10.1. The molecular weight excluding hydrogens is 315 g/mol. The van der Waals surface area contributed by atoms with Crippen LogP contribution in [0.15, 0.2) is 33.9 Å². The normalized spacial score (nSPS) is 16.8. The highest BCUT2D eigenvalue weighted by atomic mass is 19.1. The summed E-state index contributed by atoms with van der Waals surface area (Å²) in [5, 5.41) is 2.93. The van der Waals surface area contributed by atoms with Crippen molar-refractivity contribution >= 4 is 5.95 Å². The molecule has 128 valence electrons. The summed E-state index contributed by atoms with van der Waals surface area (Å²) in [5.41, 5.74) is -0.415. The molecule has 24 heavy (non-hydrogen) atoms. The van der Waals surface area contributed by atoms with Crippen molar-refractivity contribution in [3.05, 3.63) is 56.6 Å². The standard InChI is InChI=1S/C16H19FN4O3/c1-10(11-3-2-4-12(17)9-11)18-14-19-15(22)21(16(23)20-14)13-5-7-24-8-6-13/h2-4,9-10,13H,5-8H2,1H3,(H2,18,19,20,22,23)/t10-/m0/s1. The Balaban J connectivity index is 1.82. The van der Waals surface area contributed by atoms with Crippen molar-refractivity contribution in [2.24, 2.45) is 0 Å². The van der Waals surface area contributed by atoms with Gasteiger partial charge in [-0.3, -0.25) is 4.98 Å². The van der Waals surface area contributed by atoms with Gasteiger partial charge in [0.2, 0.25) is 5.95 Å². The Labute approximate surface area is 137 Å². The van der Waals surface area contributed by atoms with Gasteiger partial charge in [0.15, 0.2) is 0 Å². The fourth-order valence-electron chi connectivity index (χ4n) is 2.82. The molecule has 0 spiro atoms. The molecule has 1 saturated heterocycles. The Morgan fingerprint density at radius 3 is 2.79 bits per heavy atom. The summed E-state index contributed by atoms with van der Waals surface area (Å²) in [4.78, 5) is 31.0. The molecule has 1 fully saturated rings. The van der Waals surface area contributed by atoms with Gasteiger partial charge in [0.05, 0.1) is 6.04 Å². The molecule has 3 rings (SSSR count). The van der Waals surface area contributed by atoms with Crippen molar-refractivity contribution in [1.82, 2.24) is 14.5 Å². The van der Waals surface area contributed by atoms with E-state index in [-0.39, 0.29) is 23.8 Å². The van der Waals surface area contributed by atoms with E-state index in [1.807, 2.05) is 0 Å². The predicted octanol–water partition coefficient (Wildman–Crippen LogP) is 1.60. The summed E-state index contributed by atoms with van der Waals surface area (Å²) in [7, 11) is 0. The minimum Gasteiger partial charge on any atom is -0.381 e. The maximum atomic E-state index is 13.3. The number of nitrogens with one attached hydrogen (secondary N) is 2. The second-order valence-corrected chi connectivity index (χ2v) is 5.81. The highest BCUT2D eigenvalue weighted by Gasteiger charge is 2.20. The van der Waals surface area contributed by atoms with Crippen molar-refractivity contribution in [3.63, 3.8) is 0 Å². The number of halogens is 1. The maximum absolute atomic E-state index is 13.3. The van der Waals surface area contributed by atoms with Gasteiger partial charge in [-0.15, -0.1) is 0 Å². The van der Waals surface area contributed by atoms with E-state index >= 15 is 0 Å². The highest BCUT2D eigenvalue weighted by Crippen LogP contribution is 2.18. The molecule has 1 aliphatic heterocycles. The van der Waals surface area contributed by atoms with Gasteiger partial charge in [-0.05, 0) is 37.5 Å². The van der Waals surface area contributed by atoms with E-state index in [2.05, 4.69) is 15.3 Å². The first kappa shape index (κ1) is 16.4. The van der Waals surface area contributed by atoms with Crippen LogP contribution in [0.25, 0.3) is 0 Å². The quantitative estimate of drug-likeness (QED) is 0.886. The molecule has 1 aromatic carbocycles. The van der Waals surface area contributed by atoms with Crippen LogP contribution in [0, 0.1) is 5.82 Å². The van der Waals surface area contributed by atoms with Crippen molar-refractivity contribution in [1.29, 1.82) is 0 Å². The third kappa shape index (κ3) is 3.53. The van der Waals surface area contributed by atoms with Crippen LogP contribution >= 0.6 is 0 Å². The van der Waals surface area contributed by atoms with Gasteiger partial charge in [-0.1, -0.05) is 12.1 Å². The third-order valence-electron chi connectivity index (χ3n) is 4.12. The largest absolute Gasteiger partial charge is 0.381 e. The lowest BCUT2D eigenvalue weighted by molar-refractivity contribution is 0.0670. The molecule has 2 heterocycles. The summed E-state index contributed by atoms with van der Waals surface area (Å²) in [6, 6.07) is 5.58. The average Bonchev–Trinajstić information content (AvgIpc) is 2.55. The first-order valence-electron chi connectivity index (χ1n) is 7.87. The molecule has 1 atom stereocenters. The van der Waals surface area contributed by atoms with Crippen LogP contribution in [0.3, 0.4) is 0 Å². The van der Waals surface area contributed by atoms with E-state index in [0.29, 0.717) is 31.6 Å². The van der Waals surface area contributed by atoms with Gasteiger partial charge in [0.25, 0.3) is 0 Å². The first-order valence-corrected chi connectivity index (χ1v) is 7.87. The smallest absolute Gasteiger partial charge is 0.355 e. The zero-order valence-electron chi connectivity index (χ0n) is 13.3. The van der Waals surface area contributed by atoms with E-state index in [1.165, 1.54) is 12.1 Å². The molecule has 0 saturated carbocycles. The van der Waals surface area contributed by atoms with Gasteiger partial charge in [-0.2, -0.15) is 4.98 Å². The van der Waals surface area contributed by atoms with Crippen molar-refractivity contribution in [2.75, 3.05) is 18.5 Å². The average molecular weight is 334 g/mol. The van der Waals surface area contributed by atoms with Crippen LogP contribution in [-0.2, 0) is 4.74 Å². The maximum Gasteiger partial charge on any atom is 0.355 e. The van der Waals surface area contributed by atoms with Crippen LogP contribution in [0.5, 0.6) is 0 Å². The summed E-state index contributed by atoms with van der Waals surface area (Å²) < 4.78 is 19.7. The van der Waals surface area contributed by atoms with Crippen LogP contribution in [0.2, 0.25) is 0 Å². The number of H-pyrrole nitrogens is 1. The molecule has 2 N–H and O–H groups in total. The molecule has 7 nitrogen and oxygen atoms in total. The SMILES string of the molecule is C[C@H](Nc1nc(=O)n(C2CCOCC2)c(=O)[nH]1)c1cccc(F)c1. The topological polar surface area (TPSA) is 89.0 Å². The molecule has 0 radical (unpaired) electrons. The van der Waals surface area contributed by atoms with Crippen LogP contribution in [-0.4, -0.2) is 27.7 Å². The van der Waals surface area contributed by atoms with E-state index in [9.17, 15) is 14.0 Å². The number of hydrogen-bond donors (Lipinski definition) is 2. The summed E-state index contributed by atoms with van der Waals surface area (Å²) in [6.07, 6.45) is 1.22. The lowest BCUT2D eigenvalue weighted by Crippen LogP contribution is -2.42. The van der Waals surface area contributed by atoms with Gasteiger partial charge in [-0.25, -0.2) is 18.5 Å². The predicted molar refractivity (Wildman–Crippen MR) is 86.6 cm³/mol. The number of rotatable bonds is 4. The number of ether oxygens (including phenoxy) is 1. The Morgan fingerprint density at radius 2 is 2.12 bits per heavy atom. The molecule has 1 aliphatic rings. The zero-order chi connectivity index (χ0) is 17.1. The van der Waals surface area contributed by atoms with Gasteiger partial charge < -0.3 is 10.1 Å². The Hall–Kier alpha value is -2.48. The third-order valence-corrected chi connectivity index (χ3v) is 4.12. The van der Waals surface area contributed by atoms with Crippen molar-refractivity contribution in [3.8, 4) is 0 Å². The Morgan fingerprint density at radius 1 is 1.38 bits per heavy atom. The second kappa shape index (κ2) is 6.96. The minimum atomic E-state index is -0.598. The molecule has 0 aliphatic carbocycles. The number of aromatic amines is 1. The van der Waals surface area contributed by atoms with E-state index in [4.69, 9.17) is 4.74 Å². The van der Waals surface area contributed by atoms with Crippen LogP contribution < -0.4 is 16.7 Å². The highest BCUT2D eigenvalue weighted by molar-refractivity contribution is 5.30. The van der Waals surface area contributed by atoms with E-state index < -0.39 is 11.4 Å². The second-order valence-electron chi connectivity index (χ2n) is 5.81. The molecule has 8 heteroatoms. The minimum absolute atomic E-state index is 0.0741. The molecule has 1 aromatic heterocycles. The van der Waals surface area contributed by atoms with Gasteiger partial charge in [0.1, 0.15) is 5.82 Å². The van der Waals surface area contributed by atoms with Crippen LogP contribution in [0.1, 0.15) is 37.4 Å². The van der Waals surface area contributed by atoms with Gasteiger partial charge >= 0.3 is 11.4 Å². The number of nitrogens with zero attached hydrogens (tertiary/aromatic N) is 2. The number of hydrogen-bond acceptors (Lipinski definition) is 5. The number of anilines is 1. The zero-order valence-corrected chi connectivity index (χ0v) is 13.3. The van der Waals surface area contributed by atoms with Crippen molar-refractivity contribution < 1.29 is 9.13 Å². The molecule has 0 unspecified atom stereocenters. The summed E-state index contributed by atoms with van der Waals surface area (Å²) >= 11 is 0. The molecular formula is C16H19FN4O3. The first-order chi connectivity index (χ1) is 11.5. The fraction of sp³-hybridized carbons (Fsp3) is 0.438. The number of aromatic nitrogens is 3. The van der Waals surface area contributed by atoms with E-state index in [1.54, 1.807) is 19.1 Å². The molecule has 2 aromatic rings. The van der Waals surface area contributed by atoms with E-state index in [0.717, 1.165) is 4.57 Å². The van der Waals surface area contributed by atoms with Gasteiger partial charge in [0, 0.05) is 19.3 Å². The molecule has 0 amide bonds. The Kier molecular flexibility index (Phi) is 4.75. The molecule has 0 bridgehead atoms. The Bertz CT molecular complexity index is 795. The summed E-state index contributed by atoms with van der Waals surface area (Å²) in [5.74, 6) is -0.275. The fourth-order valence-corrected chi connectivity index (χ4v) is 2.82. The lowest BCUT2D eigenvalue weighted by Gasteiger charge is -2.23. The van der Waals surface area contributed by atoms with Crippen LogP contribution in [0.4, 0.5) is 10.3 Å². The van der Waals surface area contributed by atoms with Crippen molar-refractivity contribution in [2.45, 2.75) is 31.8 Å². The number of benzene rings is 1. The monoisotopic (exact) mass is 334 g/mol.